The highest BCUT2D eigenvalue weighted by Gasteiger charge is 2.54. The topological polar surface area (TPSA) is 81.7 Å². The van der Waals surface area contributed by atoms with Gasteiger partial charge in [0.15, 0.2) is 5.41 Å². The molecule has 2 saturated carbocycles. The molecular formula is C19H29NO5S. The summed E-state index contributed by atoms with van der Waals surface area (Å²) >= 11 is 0. The van der Waals surface area contributed by atoms with Gasteiger partial charge in [-0.15, -0.1) is 0 Å². The number of esters is 2. The van der Waals surface area contributed by atoms with E-state index in [1.54, 1.807) is 0 Å². The molecule has 2 aliphatic carbocycles. The molecule has 0 spiro atoms. The Morgan fingerprint density at radius 3 is 2.27 bits per heavy atom. The smallest absolute Gasteiger partial charge is 0.323 e. The number of hydrogen-bond acceptors (Lipinski definition) is 5. The maximum absolute atomic E-state index is 12.5. The van der Waals surface area contributed by atoms with Crippen LogP contribution in [0.5, 0.6) is 0 Å². The van der Waals surface area contributed by atoms with E-state index in [2.05, 4.69) is 11.3 Å². The van der Waals surface area contributed by atoms with Gasteiger partial charge < -0.3 is 9.47 Å². The van der Waals surface area contributed by atoms with Gasteiger partial charge in [0.25, 0.3) is 0 Å². The number of allylic oxidation sites excluding steroid dienone is 2. The minimum atomic E-state index is -1.36. The number of nitrogens with one attached hydrogen (secondary N) is 1. The highest BCUT2D eigenvalue weighted by atomic mass is 32.2. The molecular weight excluding hydrogens is 354 g/mol. The zero-order valence-electron chi connectivity index (χ0n) is 16.3. The first-order chi connectivity index (χ1) is 12.1. The molecule has 0 aromatic rings. The fraction of sp³-hybridized carbons (Fsp3) is 0.684. The minimum absolute atomic E-state index is 0.0343. The van der Waals surface area contributed by atoms with Crippen molar-refractivity contribution in [3.63, 3.8) is 0 Å². The van der Waals surface area contributed by atoms with Gasteiger partial charge in [-0.2, -0.15) is 0 Å². The number of hydrogen-bond donors (Lipinski definition) is 1. The lowest BCUT2D eigenvalue weighted by molar-refractivity contribution is -0.168. The number of carbonyl (C=O) groups is 2. The Bertz CT molecular complexity index is 658. The van der Waals surface area contributed by atoms with E-state index in [0.29, 0.717) is 0 Å². The van der Waals surface area contributed by atoms with Crippen LogP contribution in [0.2, 0.25) is 0 Å². The van der Waals surface area contributed by atoms with Crippen molar-refractivity contribution in [2.45, 2.75) is 63.7 Å². The van der Waals surface area contributed by atoms with Crippen LogP contribution >= 0.6 is 0 Å². The molecule has 2 unspecified atom stereocenters. The molecule has 0 saturated heterocycles. The second-order valence-electron chi connectivity index (χ2n) is 7.97. The summed E-state index contributed by atoms with van der Waals surface area (Å²) in [5, 5.41) is 0. The quantitative estimate of drug-likeness (QED) is 0.596. The summed E-state index contributed by atoms with van der Waals surface area (Å²) in [6.07, 6.45) is 3.10. The summed E-state index contributed by atoms with van der Waals surface area (Å²) in [5.74, 6) is -1.19. The summed E-state index contributed by atoms with van der Waals surface area (Å²) in [6, 6.07) is -0.0343. The number of carbonyl (C=O) groups excluding carboxylic acids is 2. The fourth-order valence-electron chi connectivity index (χ4n) is 3.71. The van der Waals surface area contributed by atoms with Crippen molar-refractivity contribution in [2.75, 3.05) is 14.2 Å². The second kappa shape index (κ2) is 7.64. The normalized spacial score (nSPS) is 26.7. The van der Waals surface area contributed by atoms with Crippen LogP contribution in [0.1, 0.15) is 52.9 Å². The number of rotatable bonds is 4. The minimum Gasteiger partial charge on any atom is -0.468 e. The van der Waals surface area contributed by atoms with Gasteiger partial charge in [-0.3, -0.25) is 9.59 Å². The summed E-state index contributed by atoms with van der Waals surface area (Å²) in [4.78, 5) is 24.8. The lowest BCUT2D eigenvalue weighted by Crippen LogP contribution is -2.40. The van der Waals surface area contributed by atoms with E-state index >= 15 is 0 Å². The van der Waals surface area contributed by atoms with Crippen molar-refractivity contribution in [1.82, 2.24) is 4.72 Å². The largest absolute Gasteiger partial charge is 0.468 e. The standard InChI is InChI=1S/C19H29NO5S/c1-12-10-19(16(21)24-5,17(22)25-6)11-14(12)13-8-7-9-15(13)20-26(23)18(2,3)4/h15,20H,1,7-11H2,2-6H3/b14-13-. The van der Waals surface area contributed by atoms with Crippen molar-refractivity contribution < 1.29 is 23.3 Å². The van der Waals surface area contributed by atoms with Gasteiger partial charge in [0.05, 0.1) is 30.0 Å². The van der Waals surface area contributed by atoms with Gasteiger partial charge in [-0.1, -0.05) is 12.2 Å². The van der Waals surface area contributed by atoms with E-state index in [9.17, 15) is 13.8 Å². The van der Waals surface area contributed by atoms with Crippen molar-refractivity contribution in [1.29, 1.82) is 0 Å². The molecule has 2 fully saturated rings. The van der Waals surface area contributed by atoms with Crippen LogP contribution < -0.4 is 4.72 Å². The molecule has 0 heterocycles. The zero-order chi connectivity index (χ0) is 19.7. The predicted molar refractivity (Wildman–Crippen MR) is 101 cm³/mol. The molecule has 0 aromatic carbocycles. The summed E-state index contributed by atoms with van der Waals surface area (Å²) < 4.78 is 25.1. The van der Waals surface area contributed by atoms with Gasteiger partial charge in [0, 0.05) is 6.04 Å². The molecule has 0 amide bonds. The summed E-state index contributed by atoms with van der Waals surface area (Å²) in [5.41, 5.74) is 1.41. The van der Waals surface area contributed by atoms with Crippen molar-refractivity contribution in [3.8, 4) is 0 Å². The van der Waals surface area contributed by atoms with Crippen molar-refractivity contribution in [2.24, 2.45) is 5.41 Å². The van der Waals surface area contributed by atoms with Crippen molar-refractivity contribution in [3.05, 3.63) is 23.3 Å². The van der Waals surface area contributed by atoms with Crippen molar-refractivity contribution >= 4 is 22.9 Å². The lowest BCUT2D eigenvalue weighted by Gasteiger charge is -2.24. The molecule has 2 aliphatic rings. The first-order valence-electron chi connectivity index (χ1n) is 8.81. The molecule has 7 heteroatoms. The zero-order valence-corrected chi connectivity index (χ0v) is 17.1. The van der Waals surface area contributed by atoms with E-state index < -0.39 is 28.3 Å². The number of methoxy groups -OCH3 is 2. The van der Waals surface area contributed by atoms with Gasteiger partial charge in [0.2, 0.25) is 0 Å². The Labute approximate surface area is 158 Å². The molecule has 26 heavy (non-hydrogen) atoms. The van der Waals surface area contributed by atoms with E-state index in [4.69, 9.17) is 9.47 Å². The average molecular weight is 384 g/mol. The molecule has 0 aromatic heterocycles. The Morgan fingerprint density at radius 2 is 1.77 bits per heavy atom. The summed E-state index contributed by atoms with van der Waals surface area (Å²) in [7, 11) is 1.35. The van der Waals surface area contributed by atoms with Crippen LogP contribution in [0, 0.1) is 5.41 Å². The van der Waals surface area contributed by atoms with Crippen LogP contribution in [0.4, 0.5) is 0 Å². The number of ether oxygens (including phenoxy) is 2. The fourth-order valence-corrected chi connectivity index (χ4v) is 4.58. The van der Waals surface area contributed by atoms with Crippen LogP contribution in [-0.4, -0.2) is 41.2 Å². The second-order valence-corrected chi connectivity index (χ2v) is 9.97. The molecule has 0 radical (unpaired) electrons. The Hall–Kier alpha value is -1.47. The molecule has 2 rings (SSSR count). The molecule has 146 valence electrons. The Balaban J connectivity index is 2.37. The molecule has 0 bridgehead atoms. The Kier molecular flexibility index (Phi) is 6.13. The van der Waals surface area contributed by atoms with Crippen LogP contribution in [0.15, 0.2) is 23.3 Å². The molecule has 1 N–H and O–H groups in total. The van der Waals surface area contributed by atoms with Crippen LogP contribution in [0.25, 0.3) is 0 Å². The van der Waals surface area contributed by atoms with Gasteiger partial charge >= 0.3 is 11.9 Å². The average Bonchev–Trinajstić information content (AvgIpc) is 3.17. The maximum atomic E-state index is 12.5. The lowest BCUT2D eigenvalue weighted by atomic mass is 9.85. The maximum Gasteiger partial charge on any atom is 0.323 e. The first-order valence-corrected chi connectivity index (χ1v) is 9.96. The van der Waals surface area contributed by atoms with E-state index in [1.807, 2.05) is 20.8 Å². The highest BCUT2D eigenvalue weighted by Crippen LogP contribution is 2.49. The third-order valence-electron chi connectivity index (χ3n) is 5.13. The van der Waals surface area contributed by atoms with Crippen LogP contribution in [0.3, 0.4) is 0 Å². The highest BCUT2D eigenvalue weighted by molar-refractivity contribution is 7.84. The third-order valence-corrected chi connectivity index (χ3v) is 6.74. The van der Waals surface area contributed by atoms with E-state index in [-0.39, 0.29) is 23.6 Å². The molecule has 6 nitrogen and oxygen atoms in total. The van der Waals surface area contributed by atoms with E-state index in [1.165, 1.54) is 14.2 Å². The first kappa shape index (κ1) is 20.8. The van der Waals surface area contributed by atoms with Crippen LogP contribution in [-0.2, 0) is 30.0 Å². The Morgan fingerprint density at radius 1 is 1.19 bits per heavy atom. The summed E-state index contributed by atoms with van der Waals surface area (Å²) in [6.45, 7) is 9.86. The van der Waals surface area contributed by atoms with Gasteiger partial charge in [-0.05, 0) is 64.0 Å². The van der Waals surface area contributed by atoms with Gasteiger partial charge in [0.1, 0.15) is 0 Å². The predicted octanol–water partition coefficient (Wildman–Crippen LogP) is 2.57. The monoisotopic (exact) mass is 383 g/mol. The third kappa shape index (κ3) is 3.78. The molecule has 2 atom stereocenters. The SMILES string of the molecule is C=C1CC(C(=O)OC)(C(=O)OC)C/C1=C1\CCCC1NS(=O)C(C)(C)C. The van der Waals surface area contributed by atoms with E-state index in [0.717, 1.165) is 36.0 Å². The van der Waals surface area contributed by atoms with Gasteiger partial charge in [-0.25, -0.2) is 8.93 Å². The molecule has 0 aliphatic heterocycles.